The molecule has 0 bridgehead atoms. The van der Waals surface area contributed by atoms with Crippen LogP contribution in [-0.2, 0) is 22.5 Å². The van der Waals surface area contributed by atoms with Crippen molar-refractivity contribution in [2.24, 2.45) is 10.9 Å². The fourth-order valence-corrected chi connectivity index (χ4v) is 3.06. The summed E-state index contributed by atoms with van der Waals surface area (Å²) in [7, 11) is 0. The quantitative estimate of drug-likeness (QED) is 0.230. The first kappa shape index (κ1) is 26.2. The van der Waals surface area contributed by atoms with Crippen LogP contribution in [0.1, 0.15) is 39.5 Å². The van der Waals surface area contributed by atoms with E-state index in [0.29, 0.717) is 25.1 Å². The molecule has 34 heavy (non-hydrogen) atoms. The van der Waals surface area contributed by atoms with E-state index in [1.807, 2.05) is 66.3 Å². The number of carbonyl (C=O) groups excluding carboxylic acids is 1. The highest BCUT2D eigenvalue weighted by Crippen LogP contribution is 2.19. The predicted octanol–water partition coefficient (Wildman–Crippen LogP) is 4.23. The zero-order chi connectivity index (χ0) is 25.1. The van der Waals surface area contributed by atoms with E-state index in [2.05, 4.69) is 17.2 Å². The number of aromatic nitrogens is 1. The first-order valence-corrected chi connectivity index (χ1v) is 10.2. The van der Waals surface area contributed by atoms with Gasteiger partial charge in [0.05, 0.1) is 18.4 Å². The highest BCUT2D eigenvalue weighted by molar-refractivity contribution is 5.91. The fourth-order valence-electron chi connectivity index (χ4n) is 3.06. The Labute approximate surface area is 194 Å². The van der Waals surface area contributed by atoms with Crippen LogP contribution in [0.3, 0.4) is 0 Å². The molecule has 3 aromatic rings. The minimum absolute atomic E-state index is 0.293. The SMILES string of the molecule is CCOC(=O)c1cn(Cc2ccccc2)cc1Cc1cccc(C=NN)c1.O=C(O)C(F)(F)F. The van der Waals surface area contributed by atoms with Crippen LogP contribution in [-0.4, -0.2) is 40.6 Å². The third-order valence-corrected chi connectivity index (χ3v) is 4.48. The second-order valence-corrected chi connectivity index (χ2v) is 7.08. The van der Waals surface area contributed by atoms with Gasteiger partial charge < -0.3 is 20.3 Å². The lowest BCUT2D eigenvalue weighted by Gasteiger charge is -2.05. The fraction of sp³-hybridized carbons (Fsp3) is 0.208. The van der Waals surface area contributed by atoms with Gasteiger partial charge in [0.25, 0.3) is 0 Å². The van der Waals surface area contributed by atoms with Crippen LogP contribution in [0.15, 0.2) is 72.1 Å². The van der Waals surface area contributed by atoms with E-state index in [-0.39, 0.29) is 5.97 Å². The van der Waals surface area contributed by atoms with Gasteiger partial charge in [-0.2, -0.15) is 18.3 Å². The zero-order valence-electron chi connectivity index (χ0n) is 18.3. The number of aliphatic carboxylic acids is 1. The molecular formula is C24H24F3N3O4. The molecule has 1 aromatic heterocycles. The summed E-state index contributed by atoms with van der Waals surface area (Å²) in [5.41, 5.74) is 4.72. The number of nitrogens with two attached hydrogens (primary N) is 1. The molecule has 180 valence electrons. The largest absolute Gasteiger partial charge is 0.490 e. The van der Waals surface area contributed by atoms with Gasteiger partial charge in [-0.1, -0.05) is 48.5 Å². The topological polar surface area (TPSA) is 107 Å². The maximum Gasteiger partial charge on any atom is 0.490 e. The average molecular weight is 475 g/mol. The number of alkyl halides is 3. The summed E-state index contributed by atoms with van der Waals surface area (Å²) in [5, 5.41) is 10.7. The van der Waals surface area contributed by atoms with Crippen LogP contribution in [0, 0.1) is 0 Å². The number of hydrazone groups is 1. The van der Waals surface area contributed by atoms with E-state index in [1.165, 1.54) is 5.56 Å². The van der Waals surface area contributed by atoms with Crippen molar-refractivity contribution in [1.29, 1.82) is 0 Å². The number of carboxylic acid groups (broad SMARTS) is 1. The molecule has 0 spiro atoms. The molecule has 2 aromatic carbocycles. The lowest BCUT2D eigenvalue weighted by molar-refractivity contribution is -0.192. The summed E-state index contributed by atoms with van der Waals surface area (Å²) < 4.78 is 39.0. The number of benzene rings is 2. The third-order valence-electron chi connectivity index (χ3n) is 4.48. The number of hydrogen-bond acceptors (Lipinski definition) is 5. The molecule has 10 heteroatoms. The van der Waals surface area contributed by atoms with Crippen molar-refractivity contribution < 1.29 is 32.6 Å². The molecule has 7 nitrogen and oxygen atoms in total. The minimum atomic E-state index is -5.08. The Morgan fingerprint density at radius 2 is 1.74 bits per heavy atom. The van der Waals surface area contributed by atoms with Gasteiger partial charge in [0.15, 0.2) is 0 Å². The van der Waals surface area contributed by atoms with Crippen molar-refractivity contribution in [2.45, 2.75) is 26.1 Å². The maximum absolute atomic E-state index is 12.4. The van der Waals surface area contributed by atoms with Crippen molar-refractivity contribution in [2.75, 3.05) is 6.61 Å². The van der Waals surface area contributed by atoms with Gasteiger partial charge in [-0.05, 0) is 41.7 Å². The highest BCUT2D eigenvalue weighted by Gasteiger charge is 2.38. The summed E-state index contributed by atoms with van der Waals surface area (Å²) in [6.07, 6.45) is 1.03. The second kappa shape index (κ2) is 12.2. The normalized spacial score (nSPS) is 11.1. The van der Waals surface area contributed by atoms with Gasteiger partial charge in [-0.15, -0.1) is 0 Å². The van der Waals surface area contributed by atoms with Crippen LogP contribution >= 0.6 is 0 Å². The van der Waals surface area contributed by atoms with Gasteiger partial charge in [-0.25, -0.2) is 9.59 Å². The Balaban J connectivity index is 0.000000509. The molecule has 0 aliphatic rings. The van der Waals surface area contributed by atoms with Crippen LogP contribution in [0.5, 0.6) is 0 Å². The van der Waals surface area contributed by atoms with Gasteiger partial charge in [0.1, 0.15) is 0 Å². The lowest BCUT2D eigenvalue weighted by Crippen LogP contribution is -2.21. The maximum atomic E-state index is 12.4. The highest BCUT2D eigenvalue weighted by atomic mass is 19.4. The van der Waals surface area contributed by atoms with Gasteiger partial charge in [0, 0.05) is 18.9 Å². The zero-order valence-corrected chi connectivity index (χ0v) is 18.3. The van der Waals surface area contributed by atoms with E-state index in [0.717, 1.165) is 16.7 Å². The number of halogens is 3. The Hall–Kier alpha value is -4.08. The monoisotopic (exact) mass is 475 g/mol. The molecule has 0 atom stereocenters. The first-order valence-electron chi connectivity index (χ1n) is 10.2. The molecule has 1 heterocycles. The molecule has 0 amide bonds. The van der Waals surface area contributed by atoms with Crippen LogP contribution in [0.25, 0.3) is 0 Å². The van der Waals surface area contributed by atoms with Gasteiger partial charge in [0.2, 0.25) is 0 Å². The first-order chi connectivity index (χ1) is 16.1. The minimum Gasteiger partial charge on any atom is -0.475 e. The molecular weight excluding hydrogens is 451 g/mol. The smallest absolute Gasteiger partial charge is 0.475 e. The van der Waals surface area contributed by atoms with Crippen LogP contribution in [0.4, 0.5) is 13.2 Å². The molecule has 3 N–H and O–H groups in total. The van der Waals surface area contributed by atoms with E-state index < -0.39 is 12.1 Å². The number of ether oxygens (including phenoxy) is 1. The number of hydrogen-bond donors (Lipinski definition) is 2. The summed E-state index contributed by atoms with van der Waals surface area (Å²) in [6.45, 7) is 2.87. The standard InChI is InChI=1S/C22H23N3O2.C2HF3O2/c1-2-27-22(26)21-16-25(14-17-7-4-3-5-8-17)15-20(21)12-18-9-6-10-19(11-18)13-24-23;3-2(4,5)1(6)7/h3-11,13,15-16H,2,12,14,23H2,1H3;(H,6,7). The number of esters is 1. The molecule has 0 aliphatic heterocycles. The predicted molar refractivity (Wildman–Crippen MR) is 121 cm³/mol. The molecule has 0 fully saturated rings. The molecule has 0 saturated carbocycles. The van der Waals surface area contributed by atoms with Crippen molar-refractivity contribution in [1.82, 2.24) is 4.57 Å². The molecule has 0 aliphatic carbocycles. The number of rotatable bonds is 7. The van der Waals surface area contributed by atoms with Gasteiger partial charge in [-0.3, -0.25) is 0 Å². The number of carbonyl (C=O) groups is 2. The Kier molecular flexibility index (Phi) is 9.42. The third kappa shape index (κ3) is 8.12. The molecule has 0 unspecified atom stereocenters. The Morgan fingerprint density at radius 1 is 1.09 bits per heavy atom. The summed E-state index contributed by atoms with van der Waals surface area (Å²) in [5.74, 6) is 2.19. The van der Waals surface area contributed by atoms with Crippen molar-refractivity contribution in [3.8, 4) is 0 Å². The van der Waals surface area contributed by atoms with Crippen molar-refractivity contribution in [3.63, 3.8) is 0 Å². The second-order valence-electron chi connectivity index (χ2n) is 7.08. The van der Waals surface area contributed by atoms with Gasteiger partial charge >= 0.3 is 18.1 Å². The van der Waals surface area contributed by atoms with Crippen molar-refractivity contribution >= 4 is 18.2 Å². The molecule has 0 radical (unpaired) electrons. The molecule has 0 saturated heterocycles. The van der Waals surface area contributed by atoms with Crippen molar-refractivity contribution in [3.05, 3.63) is 94.8 Å². The van der Waals surface area contributed by atoms with Crippen LogP contribution in [0.2, 0.25) is 0 Å². The Morgan fingerprint density at radius 3 is 2.32 bits per heavy atom. The average Bonchev–Trinajstić information content (AvgIpc) is 3.17. The van der Waals surface area contributed by atoms with E-state index in [1.54, 1.807) is 6.21 Å². The van der Waals surface area contributed by atoms with Crippen LogP contribution < -0.4 is 5.84 Å². The van der Waals surface area contributed by atoms with E-state index in [9.17, 15) is 18.0 Å². The summed E-state index contributed by atoms with van der Waals surface area (Å²) in [4.78, 5) is 21.3. The summed E-state index contributed by atoms with van der Waals surface area (Å²) in [6, 6.07) is 18.1. The number of nitrogens with zero attached hydrogens (tertiary/aromatic N) is 2. The number of carboxylic acids is 1. The lowest BCUT2D eigenvalue weighted by atomic mass is 10.0. The van der Waals surface area contributed by atoms with E-state index >= 15 is 0 Å². The van der Waals surface area contributed by atoms with E-state index in [4.69, 9.17) is 20.5 Å². The Bertz CT molecular complexity index is 1130. The molecule has 3 rings (SSSR count). The summed E-state index contributed by atoms with van der Waals surface area (Å²) >= 11 is 0.